The molecule has 5 heteroatoms. The lowest BCUT2D eigenvalue weighted by Crippen LogP contribution is -2.39. The van der Waals surface area contributed by atoms with E-state index in [1.54, 1.807) is 29.2 Å². The largest absolute Gasteiger partial charge is 0.418 e. The van der Waals surface area contributed by atoms with Crippen LogP contribution >= 0.6 is 11.6 Å². The van der Waals surface area contributed by atoms with E-state index in [-0.39, 0.29) is 6.09 Å². The molecule has 1 aliphatic heterocycles. The van der Waals surface area contributed by atoms with Crippen LogP contribution in [0.15, 0.2) is 29.3 Å². The fourth-order valence-corrected chi connectivity index (χ4v) is 2.00. The summed E-state index contributed by atoms with van der Waals surface area (Å²) >= 11 is 5.81. The van der Waals surface area contributed by atoms with E-state index in [1.807, 2.05) is 0 Å². The van der Waals surface area contributed by atoms with E-state index in [4.69, 9.17) is 16.3 Å². The molecule has 0 aromatic heterocycles. The van der Waals surface area contributed by atoms with E-state index in [1.165, 1.54) is 12.8 Å². The van der Waals surface area contributed by atoms with Gasteiger partial charge in [-0.15, -0.1) is 0 Å². The molecule has 1 heterocycles. The third kappa shape index (κ3) is 2.48. The lowest BCUT2D eigenvalue weighted by atomic mass is 10.2. The number of carbonyl (C=O) groups excluding carboxylic acids is 1. The first-order valence-electron chi connectivity index (χ1n) is 5.99. The van der Waals surface area contributed by atoms with Crippen molar-refractivity contribution >= 4 is 23.6 Å². The zero-order chi connectivity index (χ0) is 12.5. The highest BCUT2D eigenvalue weighted by molar-refractivity contribution is 6.30. The van der Waals surface area contributed by atoms with Crippen LogP contribution in [-0.2, 0) is 4.74 Å². The van der Waals surface area contributed by atoms with Crippen molar-refractivity contribution in [3.8, 4) is 0 Å². The van der Waals surface area contributed by atoms with Crippen molar-refractivity contribution in [3.63, 3.8) is 0 Å². The standard InChI is InChI=1S/C13H13ClN2O2/c14-11-5-3-10(4-6-11)12-15-8-16(13(17)18-12)7-9-1-2-9/h3-6,9H,1-2,7-8H2. The molecule has 3 rings (SSSR count). The van der Waals surface area contributed by atoms with Crippen LogP contribution in [0, 0.1) is 5.92 Å². The predicted octanol–water partition coefficient (Wildman–Crippen LogP) is 2.91. The van der Waals surface area contributed by atoms with E-state index < -0.39 is 0 Å². The number of nitrogens with zero attached hydrogens (tertiary/aromatic N) is 2. The lowest BCUT2D eigenvalue weighted by Gasteiger charge is -2.24. The quantitative estimate of drug-likeness (QED) is 0.842. The molecule has 0 saturated heterocycles. The molecular formula is C13H13ClN2O2. The Morgan fingerprint density at radius 1 is 1.33 bits per heavy atom. The number of hydrogen-bond acceptors (Lipinski definition) is 3. The highest BCUT2D eigenvalue weighted by atomic mass is 35.5. The van der Waals surface area contributed by atoms with Crippen molar-refractivity contribution in [2.45, 2.75) is 12.8 Å². The normalized spacial score (nSPS) is 19.5. The Morgan fingerprint density at radius 3 is 2.67 bits per heavy atom. The maximum atomic E-state index is 11.8. The van der Waals surface area contributed by atoms with Gasteiger partial charge in [0.25, 0.3) is 0 Å². The summed E-state index contributed by atoms with van der Waals surface area (Å²) in [6.07, 6.45) is 2.11. The number of halogens is 1. The first-order valence-corrected chi connectivity index (χ1v) is 6.37. The fourth-order valence-electron chi connectivity index (χ4n) is 1.87. The minimum absolute atomic E-state index is 0.304. The van der Waals surface area contributed by atoms with Crippen LogP contribution in [0.5, 0.6) is 0 Å². The Kier molecular flexibility index (Phi) is 2.96. The minimum Gasteiger partial charge on any atom is -0.391 e. The first-order chi connectivity index (χ1) is 8.72. The van der Waals surface area contributed by atoms with Gasteiger partial charge in [0.05, 0.1) is 0 Å². The van der Waals surface area contributed by atoms with Gasteiger partial charge in [-0.1, -0.05) is 11.6 Å². The monoisotopic (exact) mass is 264 g/mol. The van der Waals surface area contributed by atoms with E-state index in [0.29, 0.717) is 23.5 Å². The summed E-state index contributed by atoms with van der Waals surface area (Å²) in [4.78, 5) is 17.8. The Bertz CT molecular complexity index is 494. The number of amides is 1. The van der Waals surface area contributed by atoms with Crippen LogP contribution in [0.2, 0.25) is 5.02 Å². The second kappa shape index (κ2) is 4.61. The molecule has 1 aromatic rings. The number of hydrogen-bond donors (Lipinski definition) is 0. The zero-order valence-corrected chi connectivity index (χ0v) is 10.6. The number of cyclic esters (lactones) is 1. The SMILES string of the molecule is O=C1OC(c2ccc(Cl)cc2)=NCN1CC1CC1. The Morgan fingerprint density at radius 2 is 2.06 bits per heavy atom. The van der Waals surface area contributed by atoms with Crippen LogP contribution in [0.3, 0.4) is 0 Å². The van der Waals surface area contributed by atoms with Crippen molar-refractivity contribution in [1.29, 1.82) is 0 Å². The van der Waals surface area contributed by atoms with Gasteiger partial charge in [0.15, 0.2) is 0 Å². The molecule has 1 aromatic carbocycles. The maximum absolute atomic E-state index is 11.8. The molecule has 4 nitrogen and oxygen atoms in total. The van der Waals surface area contributed by atoms with Crippen molar-refractivity contribution in [2.24, 2.45) is 10.9 Å². The summed E-state index contributed by atoms with van der Waals surface area (Å²) < 4.78 is 5.25. The average Bonchev–Trinajstić information content (AvgIpc) is 3.17. The Labute approximate surface area is 110 Å². The molecule has 2 aliphatic rings. The summed E-state index contributed by atoms with van der Waals surface area (Å²) in [5.41, 5.74) is 0.777. The molecule has 0 bridgehead atoms. The van der Waals surface area contributed by atoms with Gasteiger partial charge in [-0.05, 0) is 43.0 Å². The summed E-state index contributed by atoms with van der Waals surface area (Å²) in [5.74, 6) is 1.02. The summed E-state index contributed by atoms with van der Waals surface area (Å²) in [6, 6.07) is 7.10. The van der Waals surface area contributed by atoms with Gasteiger partial charge in [-0.25, -0.2) is 9.79 Å². The maximum Gasteiger partial charge on any atom is 0.418 e. The highest BCUT2D eigenvalue weighted by Gasteiger charge is 2.30. The molecular weight excluding hydrogens is 252 g/mol. The van der Waals surface area contributed by atoms with Crippen molar-refractivity contribution < 1.29 is 9.53 Å². The predicted molar refractivity (Wildman–Crippen MR) is 68.8 cm³/mol. The van der Waals surface area contributed by atoms with Crippen LogP contribution in [0.4, 0.5) is 4.79 Å². The molecule has 1 aliphatic carbocycles. The second-order valence-electron chi connectivity index (χ2n) is 4.65. The second-order valence-corrected chi connectivity index (χ2v) is 5.08. The van der Waals surface area contributed by atoms with Crippen LogP contribution in [0.25, 0.3) is 0 Å². The Hall–Kier alpha value is -1.55. The highest BCUT2D eigenvalue weighted by Crippen LogP contribution is 2.30. The zero-order valence-electron chi connectivity index (χ0n) is 9.80. The molecule has 0 unspecified atom stereocenters. The summed E-state index contributed by atoms with van der Waals surface area (Å²) in [7, 11) is 0. The van der Waals surface area contributed by atoms with E-state index in [0.717, 1.165) is 12.1 Å². The number of aliphatic imine (C=N–C) groups is 1. The smallest absolute Gasteiger partial charge is 0.391 e. The molecule has 0 N–H and O–H groups in total. The van der Waals surface area contributed by atoms with Crippen molar-refractivity contribution in [3.05, 3.63) is 34.9 Å². The summed E-state index contributed by atoms with van der Waals surface area (Å²) in [6.45, 7) is 1.14. The van der Waals surface area contributed by atoms with Crippen LogP contribution in [0.1, 0.15) is 18.4 Å². The van der Waals surface area contributed by atoms with Crippen LogP contribution < -0.4 is 0 Å². The molecule has 18 heavy (non-hydrogen) atoms. The van der Waals surface area contributed by atoms with Crippen molar-refractivity contribution in [2.75, 3.05) is 13.2 Å². The Balaban J connectivity index is 1.72. The molecule has 1 fully saturated rings. The van der Waals surface area contributed by atoms with E-state index in [2.05, 4.69) is 4.99 Å². The van der Waals surface area contributed by atoms with E-state index in [9.17, 15) is 4.79 Å². The lowest BCUT2D eigenvalue weighted by molar-refractivity contribution is 0.139. The molecule has 0 atom stereocenters. The number of rotatable bonds is 3. The third-order valence-electron chi connectivity index (χ3n) is 3.09. The molecule has 0 spiro atoms. The van der Waals surface area contributed by atoms with Gasteiger partial charge in [0, 0.05) is 17.1 Å². The van der Waals surface area contributed by atoms with Gasteiger partial charge < -0.3 is 4.74 Å². The average molecular weight is 265 g/mol. The van der Waals surface area contributed by atoms with Gasteiger partial charge in [0.2, 0.25) is 5.90 Å². The first kappa shape index (κ1) is 11.5. The van der Waals surface area contributed by atoms with Crippen LogP contribution in [-0.4, -0.2) is 30.1 Å². The van der Waals surface area contributed by atoms with Crippen molar-refractivity contribution in [1.82, 2.24) is 4.90 Å². The third-order valence-corrected chi connectivity index (χ3v) is 3.35. The van der Waals surface area contributed by atoms with E-state index >= 15 is 0 Å². The molecule has 0 radical (unpaired) electrons. The molecule has 1 saturated carbocycles. The molecule has 94 valence electrons. The van der Waals surface area contributed by atoms with Gasteiger partial charge >= 0.3 is 6.09 Å². The topological polar surface area (TPSA) is 41.9 Å². The minimum atomic E-state index is -0.304. The van der Waals surface area contributed by atoms with Gasteiger partial charge in [-0.2, -0.15) is 0 Å². The fraction of sp³-hybridized carbons (Fsp3) is 0.385. The summed E-state index contributed by atoms with van der Waals surface area (Å²) in [5, 5.41) is 0.650. The van der Waals surface area contributed by atoms with Gasteiger partial charge in [-0.3, -0.25) is 4.90 Å². The number of benzene rings is 1. The number of ether oxygens (including phenoxy) is 1. The van der Waals surface area contributed by atoms with Gasteiger partial charge in [0.1, 0.15) is 6.67 Å². The number of carbonyl (C=O) groups is 1. The molecule has 1 amide bonds.